The number of rotatable bonds is 4. The molecule has 1 aromatic rings. The number of carbonyl (C=O) groups is 1. The maximum atomic E-state index is 10.7. The minimum Gasteiger partial charge on any atom is -0.324 e. The summed E-state index contributed by atoms with van der Waals surface area (Å²) in [6, 6.07) is 5.38. The van der Waals surface area contributed by atoms with Gasteiger partial charge in [0, 0.05) is 24.6 Å². The fourth-order valence-electron chi connectivity index (χ4n) is 1.17. The van der Waals surface area contributed by atoms with E-state index in [4.69, 9.17) is 5.73 Å². The first-order valence-electron chi connectivity index (χ1n) is 4.22. The predicted octanol–water partition coefficient (Wildman–Crippen LogP) is 1.44. The highest BCUT2D eigenvalue weighted by molar-refractivity contribution is 7.96. The molecule has 0 aromatic heterocycles. The maximum Gasteiger partial charge on any atom is 0.269 e. The van der Waals surface area contributed by atoms with E-state index in [0.29, 0.717) is 5.56 Å². The lowest BCUT2D eigenvalue weighted by molar-refractivity contribution is -0.384. The molecule has 0 saturated carbocycles. The van der Waals surface area contributed by atoms with Crippen LogP contribution in [0.5, 0.6) is 0 Å². The van der Waals surface area contributed by atoms with Crippen LogP contribution in [0.15, 0.2) is 24.3 Å². The SMILES string of the molecule is NC(CC(=O)S)c1cccc([N+](=O)[O-])c1. The number of hydrogen-bond donors (Lipinski definition) is 2. The zero-order valence-electron chi connectivity index (χ0n) is 7.79. The van der Waals surface area contributed by atoms with Crippen LogP contribution in [0.3, 0.4) is 0 Å². The molecule has 0 fully saturated rings. The summed E-state index contributed by atoms with van der Waals surface area (Å²) < 4.78 is 0. The first kappa shape index (κ1) is 11.7. The van der Waals surface area contributed by atoms with Gasteiger partial charge in [0.25, 0.3) is 5.69 Å². The molecule has 0 bridgehead atoms. The minimum absolute atomic E-state index is 0.0328. The number of carbonyl (C=O) groups excluding carboxylic acids is 1. The molecule has 1 unspecified atom stereocenters. The van der Waals surface area contributed by atoms with Crippen molar-refractivity contribution in [1.29, 1.82) is 0 Å². The summed E-state index contributed by atoms with van der Waals surface area (Å²) in [6.07, 6.45) is 0.0598. The number of nitrogens with two attached hydrogens (primary N) is 1. The molecule has 0 saturated heterocycles. The predicted molar refractivity (Wildman–Crippen MR) is 58.6 cm³/mol. The van der Waals surface area contributed by atoms with E-state index in [1.165, 1.54) is 18.2 Å². The standard InChI is InChI=1S/C9H10N2O3S/c10-8(5-9(12)15)6-2-1-3-7(4-6)11(13)14/h1-4,8H,5,10H2,(H,12,15). The Morgan fingerprint density at radius 1 is 1.60 bits per heavy atom. The summed E-state index contributed by atoms with van der Waals surface area (Å²) in [5, 5.41) is 10.1. The molecule has 15 heavy (non-hydrogen) atoms. The molecule has 0 radical (unpaired) electrons. The van der Waals surface area contributed by atoms with Gasteiger partial charge >= 0.3 is 0 Å². The number of thiol groups is 1. The number of hydrogen-bond acceptors (Lipinski definition) is 4. The number of nitro groups is 1. The van der Waals surface area contributed by atoms with Crippen LogP contribution in [0, 0.1) is 10.1 Å². The van der Waals surface area contributed by atoms with Gasteiger partial charge in [0.05, 0.1) is 4.92 Å². The van der Waals surface area contributed by atoms with Gasteiger partial charge in [-0.2, -0.15) is 0 Å². The summed E-state index contributed by atoms with van der Waals surface area (Å²) in [7, 11) is 0. The fourth-order valence-corrected chi connectivity index (χ4v) is 1.37. The summed E-state index contributed by atoms with van der Waals surface area (Å²) >= 11 is 3.60. The van der Waals surface area contributed by atoms with Crippen molar-refractivity contribution >= 4 is 23.4 Å². The van der Waals surface area contributed by atoms with Crippen molar-refractivity contribution in [2.75, 3.05) is 0 Å². The van der Waals surface area contributed by atoms with Crippen molar-refractivity contribution in [1.82, 2.24) is 0 Å². The number of non-ortho nitro benzene ring substituents is 1. The Morgan fingerprint density at radius 2 is 2.27 bits per heavy atom. The Hall–Kier alpha value is -1.40. The molecule has 2 N–H and O–H groups in total. The second kappa shape index (κ2) is 4.90. The number of benzene rings is 1. The van der Waals surface area contributed by atoms with Crippen LogP contribution >= 0.6 is 12.6 Å². The molecule has 80 valence electrons. The van der Waals surface area contributed by atoms with Crippen molar-refractivity contribution in [3.05, 3.63) is 39.9 Å². The third-order valence-electron chi connectivity index (χ3n) is 1.90. The van der Waals surface area contributed by atoms with Crippen LogP contribution in [0.2, 0.25) is 0 Å². The average molecular weight is 226 g/mol. The average Bonchev–Trinajstić information content (AvgIpc) is 2.17. The Labute approximate surface area is 91.8 Å². The van der Waals surface area contributed by atoms with Crippen LogP contribution in [0.1, 0.15) is 18.0 Å². The lowest BCUT2D eigenvalue weighted by Gasteiger charge is -2.08. The molecule has 1 atom stereocenters. The number of nitro benzene ring substituents is 1. The molecule has 0 aliphatic carbocycles. The lowest BCUT2D eigenvalue weighted by Crippen LogP contribution is -2.13. The molecular weight excluding hydrogens is 216 g/mol. The van der Waals surface area contributed by atoms with Gasteiger partial charge in [-0.1, -0.05) is 12.1 Å². The second-order valence-electron chi connectivity index (χ2n) is 3.06. The summed E-state index contributed by atoms with van der Waals surface area (Å²) in [6.45, 7) is 0. The zero-order chi connectivity index (χ0) is 11.4. The highest BCUT2D eigenvalue weighted by atomic mass is 32.1. The smallest absolute Gasteiger partial charge is 0.269 e. The molecular formula is C9H10N2O3S. The first-order valence-corrected chi connectivity index (χ1v) is 4.67. The van der Waals surface area contributed by atoms with Crippen LogP contribution in [-0.2, 0) is 4.79 Å². The highest BCUT2D eigenvalue weighted by Crippen LogP contribution is 2.20. The summed E-state index contributed by atoms with van der Waals surface area (Å²) in [4.78, 5) is 20.7. The van der Waals surface area contributed by atoms with Gasteiger partial charge in [-0.15, -0.1) is 12.6 Å². The topological polar surface area (TPSA) is 86.2 Å². The van der Waals surface area contributed by atoms with E-state index in [1.807, 2.05) is 0 Å². The molecule has 0 amide bonds. The first-order chi connectivity index (χ1) is 7.00. The third-order valence-corrected chi connectivity index (χ3v) is 2.09. The van der Waals surface area contributed by atoms with Crippen molar-refractivity contribution in [3.63, 3.8) is 0 Å². The molecule has 0 aliphatic heterocycles. The van der Waals surface area contributed by atoms with Gasteiger partial charge in [-0.25, -0.2) is 0 Å². The molecule has 0 heterocycles. The largest absolute Gasteiger partial charge is 0.324 e. The number of nitrogens with zero attached hydrogens (tertiary/aromatic N) is 1. The van der Waals surface area contributed by atoms with Gasteiger partial charge in [0.2, 0.25) is 0 Å². The molecule has 1 rings (SSSR count). The quantitative estimate of drug-likeness (QED) is 0.462. The maximum absolute atomic E-state index is 10.7. The normalized spacial score (nSPS) is 12.1. The zero-order valence-corrected chi connectivity index (χ0v) is 8.68. The van der Waals surface area contributed by atoms with E-state index in [1.54, 1.807) is 6.07 Å². The minimum atomic E-state index is -0.546. The van der Waals surface area contributed by atoms with Crippen molar-refractivity contribution < 1.29 is 9.72 Å². The summed E-state index contributed by atoms with van der Waals surface area (Å²) in [5.41, 5.74) is 6.20. The van der Waals surface area contributed by atoms with Crippen molar-refractivity contribution in [2.24, 2.45) is 5.73 Å². The fraction of sp³-hybridized carbons (Fsp3) is 0.222. The Kier molecular flexibility index (Phi) is 3.81. The van der Waals surface area contributed by atoms with Crippen LogP contribution in [-0.4, -0.2) is 10.0 Å². The van der Waals surface area contributed by atoms with Crippen molar-refractivity contribution in [2.45, 2.75) is 12.5 Å². The Morgan fingerprint density at radius 3 is 2.80 bits per heavy atom. The van der Waals surface area contributed by atoms with Crippen LogP contribution < -0.4 is 5.73 Å². The van der Waals surface area contributed by atoms with Crippen LogP contribution in [0.25, 0.3) is 0 Å². The van der Waals surface area contributed by atoms with Gasteiger partial charge in [0.15, 0.2) is 5.12 Å². The van der Waals surface area contributed by atoms with Gasteiger partial charge in [0.1, 0.15) is 0 Å². The molecule has 5 nitrogen and oxygen atoms in total. The molecule has 1 aromatic carbocycles. The van der Waals surface area contributed by atoms with E-state index >= 15 is 0 Å². The highest BCUT2D eigenvalue weighted by Gasteiger charge is 2.12. The molecule has 6 heteroatoms. The lowest BCUT2D eigenvalue weighted by atomic mass is 10.0. The summed E-state index contributed by atoms with van der Waals surface area (Å²) in [5.74, 6) is 0. The molecule has 0 aliphatic rings. The van der Waals surface area contributed by atoms with Crippen LogP contribution in [0.4, 0.5) is 5.69 Å². The van der Waals surface area contributed by atoms with Gasteiger partial charge < -0.3 is 5.73 Å². The van der Waals surface area contributed by atoms with E-state index in [0.717, 1.165) is 0 Å². The van der Waals surface area contributed by atoms with E-state index in [-0.39, 0.29) is 17.2 Å². The van der Waals surface area contributed by atoms with E-state index in [2.05, 4.69) is 12.6 Å². The van der Waals surface area contributed by atoms with E-state index < -0.39 is 11.0 Å². The van der Waals surface area contributed by atoms with E-state index in [9.17, 15) is 14.9 Å². The van der Waals surface area contributed by atoms with Gasteiger partial charge in [-0.3, -0.25) is 14.9 Å². The second-order valence-corrected chi connectivity index (χ2v) is 3.56. The Balaban J connectivity index is 2.89. The third kappa shape index (κ3) is 3.34. The van der Waals surface area contributed by atoms with Gasteiger partial charge in [-0.05, 0) is 5.56 Å². The Bertz CT molecular complexity index is 395. The van der Waals surface area contributed by atoms with Crippen molar-refractivity contribution in [3.8, 4) is 0 Å². The molecule has 0 spiro atoms. The monoisotopic (exact) mass is 226 g/mol.